The third-order valence-electron chi connectivity index (χ3n) is 3.75. The van der Waals surface area contributed by atoms with Crippen LogP contribution in [0.5, 0.6) is 0 Å². The molecule has 0 radical (unpaired) electrons. The molecule has 86 valence electrons. The van der Waals surface area contributed by atoms with Crippen molar-refractivity contribution in [2.24, 2.45) is 5.41 Å². The predicted octanol–water partition coefficient (Wildman–Crippen LogP) is 0.698. The number of aliphatic hydroxyl groups excluding tert-OH is 1. The van der Waals surface area contributed by atoms with Crippen LogP contribution in [0.3, 0.4) is 0 Å². The van der Waals surface area contributed by atoms with Crippen LogP contribution in [-0.4, -0.2) is 46.8 Å². The van der Waals surface area contributed by atoms with Gasteiger partial charge in [-0.25, -0.2) is 4.79 Å². The largest absolute Gasteiger partial charge is 0.479 e. The van der Waals surface area contributed by atoms with Crippen molar-refractivity contribution in [2.75, 3.05) is 19.6 Å². The zero-order valence-corrected chi connectivity index (χ0v) is 8.98. The minimum absolute atomic E-state index is 0.289. The number of carboxylic acids is 1. The zero-order valence-electron chi connectivity index (χ0n) is 8.98. The average molecular weight is 213 g/mol. The lowest BCUT2D eigenvalue weighted by atomic mass is 9.68. The number of hydrogen-bond donors (Lipinski definition) is 2. The van der Waals surface area contributed by atoms with E-state index >= 15 is 0 Å². The Kier molecular flexibility index (Phi) is 2.98. The number of rotatable bonds is 3. The Balaban J connectivity index is 1.75. The van der Waals surface area contributed by atoms with E-state index in [2.05, 4.69) is 4.90 Å². The summed E-state index contributed by atoms with van der Waals surface area (Å²) >= 11 is 0. The van der Waals surface area contributed by atoms with Crippen molar-refractivity contribution in [2.45, 2.75) is 38.2 Å². The molecular formula is C11H19NO3. The number of carboxylic acid groups (broad SMARTS) is 1. The smallest absolute Gasteiger partial charge is 0.333 e. The first-order valence-electron chi connectivity index (χ1n) is 5.75. The molecule has 0 aromatic carbocycles. The summed E-state index contributed by atoms with van der Waals surface area (Å²) in [7, 11) is 0. The fraction of sp³-hybridized carbons (Fsp3) is 0.909. The normalized spacial score (nSPS) is 27.3. The second-order valence-corrected chi connectivity index (χ2v) is 5.08. The molecule has 15 heavy (non-hydrogen) atoms. The Morgan fingerprint density at radius 3 is 2.40 bits per heavy atom. The van der Waals surface area contributed by atoms with E-state index < -0.39 is 12.1 Å². The van der Waals surface area contributed by atoms with Crippen LogP contribution in [0.1, 0.15) is 32.1 Å². The number of aliphatic carboxylic acids is 1. The van der Waals surface area contributed by atoms with Crippen LogP contribution in [0.15, 0.2) is 0 Å². The molecule has 2 N–H and O–H groups in total. The van der Waals surface area contributed by atoms with Gasteiger partial charge in [0.2, 0.25) is 0 Å². The third-order valence-corrected chi connectivity index (χ3v) is 3.75. The van der Waals surface area contributed by atoms with Crippen LogP contribution in [0, 0.1) is 5.41 Å². The van der Waals surface area contributed by atoms with Gasteiger partial charge in [0.1, 0.15) is 0 Å². The van der Waals surface area contributed by atoms with Gasteiger partial charge >= 0.3 is 5.97 Å². The van der Waals surface area contributed by atoms with Crippen molar-refractivity contribution in [3.63, 3.8) is 0 Å². The summed E-state index contributed by atoms with van der Waals surface area (Å²) in [6.45, 7) is 2.26. The molecule has 2 fully saturated rings. The lowest BCUT2D eigenvalue weighted by molar-refractivity contribution is -0.150. The van der Waals surface area contributed by atoms with Crippen LogP contribution < -0.4 is 0 Å². The Labute approximate surface area is 89.9 Å². The van der Waals surface area contributed by atoms with Gasteiger partial charge in [-0.05, 0) is 18.3 Å². The van der Waals surface area contributed by atoms with Gasteiger partial charge in [0.05, 0.1) is 0 Å². The van der Waals surface area contributed by atoms with E-state index in [4.69, 9.17) is 5.11 Å². The van der Waals surface area contributed by atoms with Gasteiger partial charge in [-0.1, -0.05) is 19.3 Å². The van der Waals surface area contributed by atoms with Crippen molar-refractivity contribution >= 4 is 5.97 Å². The highest BCUT2D eigenvalue weighted by Crippen LogP contribution is 2.43. The molecular weight excluding hydrogens is 194 g/mol. The number of aliphatic hydroxyl groups is 1. The van der Waals surface area contributed by atoms with Gasteiger partial charge in [-0.2, -0.15) is 0 Å². The Hall–Kier alpha value is -0.610. The van der Waals surface area contributed by atoms with Gasteiger partial charge in [-0.15, -0.1) is 0 Å². The van der Waals surface area contributed by atoms with Gasteiger partial charge in [0.15, 0.2) is 6.10 Å². The molecule has 4 heteroatoms. The number of β-amino-alcohol motifs (C(OH)–C–C–N with tert-alkyl or cyclic N) is 1. The number of likely N-dealkylation sites (tertiary alicyclic amines) is 1. The van der Waals surface area contributed by atoms with E-state index in [9.17, 15) is 9.90 Å². The topological polar surface area (TPSA) is 60.8 Å². The summed E-state index contributed by atoms with van der Waals surface area (Å²) in [5.41, 5.74) is 0.469. The molecule has 1 aliphatic heterocycles. The lowest BCUT2D eigenvalue weighted by Crippen LogP contribution is -2.59. The van der Waals surface area contributed by atoms with E-state index in [1.54, 1.807) is 0 Å². The van der Waals surface area contributed by atoms with E-state index in [0.29, 0.717) is 5.41 Å². The maximum absolute atomic E-state index is 10.5. The molecule has 0 aromatic heterocycles. The monoisotopic (exact) mass is 213 g/mol. The molecule has 0 amide bonds. The van der Waals surface area contributed by atoms with Crippen LogP contribution in [0.4, 0.5) is 0 Å². The molecule has 2 rings (SSSR count). The highest BCUT2D eigenvalue weighted by molar-refractivity contribution is 5.72. The van der Waals surface area contributed by atoms with Crippen molar-refractivity contribution in [1.29, 1.82) is 0 Å². The van der Waals surface area contributed by atoms with Crippen LogP contribution in [-0.2, 0) is 4.79 Å². The minimum atomic E-state index is -1.22. The fourth-order valence-electron chi connectivity index (χ4n) is 2.97. The first-order valence-corrected chi connectivity index (χ1v) is 5.75. The van der Waals surface area contributed by atoms with Crippen LogP contribution >= 0.6 is 0 Å². The maximum Gasteiger partial charge on any atom is 0.333 e. The molecule has 1 unspecified atom stereocenters. The Morgan fingerprint density at radius 2 is 1.87 bits per heavy atom. The van der Waals surface area contributed by atoms with Crippen molar-refractivity contribution in [1.82, 2.24) is 4.90 Å². The van der Waals surface area contributed by atoms with Crippen molar-refractivity contribution < 1.29 is 15.0 Å². The molecule has 1 spiro atoms. The predicted molar refractivity (Wildman–Crippen MR) is 55.6 cm³/mol. The molecule has 0 bridgehead atoms. The highest BCUT2D eigenvalue weighted by atomic mass is 16.4. The second kappa shape index (κ2) is 4.10. The summed E-state index contributed by atoms with van der Waals surface area (Å²) in [5, 5.41) is 17.8. The molecule has 4 nitrogen and oxygen atoms in total. The number of hydrogen-bond acceptors (Lipinski definition) is 3. The Bertz CT molecular complexity index is 240. The molecule has 2 aliphatic rings. The van der Waals surface area contributed by atoms with E-state index in [1.807, 2.05) is 0 Å². The first kappa shape index (κ1) is 10.9. The maximum atomic E-state index is 10.5. The molecule has 1 saturated heterocycles. The van der Waals surface area contributed by atoms with E-state index in [0.717, 1.165) is 13.1 Å². The van der Waals surface area contributed by atoms with Crippen molar-refractivity contribution in [3.05, 3.63) is 0 Å². The summed E-state index contributed by atoms with van der Waals surface area (Å²) in [5.74, 6) is -1.11. The summed E-state index contributed by atoms with van der Waals surface area (Å²) < 4.78 is 0. The summed E-state index contributed by atoms with van der Waals surface area (Å²) in [6, 6.07) is 0. The second-order valence-electron chi connectivity index (χ2n) is 5.08. The summed E-state index contributed by atoms with van der Waals surface area (Å²) in [6.07, 6.45) is 5.33. The molecule has 1 aliphatic carbocycles. The molecule has 1 saturated carbocycles. The van der Waals surface area contributed by atoms with Gasteiger partial charge in [0, 0.05) is 19.6 Å². The van der Waals surface area contributed by atoms with Crippen LogP contribution in [0.25, 0.3) is 0 Å². The fourth-order valence-corrected chi connectivity index (χ4v) is 2.97. The number of carbonyl (C=O) groups is 1. The van der Waals surface area contributed by atoms with Gasteiger partial charge in [-0.3, -0.25) is 4.90 Å². The molecule has 1 atom stereocenters. The molecule has 0 aromatic rings. The molecule has 1 heterocycles. The first-order chi connectivity index (χ1) is 7.11. The average Bonchev–Trinajstić information content (AvgIpc) is 2.16. The zero-order chi connectivity index (χ0) is 10.9. The van der Waals surface area contributed by atoms with Crippen molar-refractivity contribution in [3.8, 4) is 0 Å². The lowest BCUT2D eigenvalue weighted by Gasteiger charge is -2.52. The van der Waals surface area contributed by atoms with Gasteiger partial charge < -0.3 is 10.2 Å². The van der Waals surface area contributed by atoms with Gasteiger partial charge in [0.25, 0.3) is 0 Å². The van der Waals surface area contributed by atoms with Crippen LogP contribution in [0.2, 0.25) is 0 Å². The minimum Gasteiger partial charge on any atom is -0.479 e. The third kappa shape index (κ3) is 2.32. The number of nitrogens with zero attached hydrogens (tertiary/aromatic N) is 1. The SMILES string of the molecule is O=C(O)C(O)CN1CC2(CCCCC2)C1. The van der Waals surface area contributed by atoms with E-state index in [-0.39, 0.29) is 6.54 Å². The standard InChI is InChI=1S/C11H19NO3/c13-9(10(14)15)6-12-7-11(8-12)4-2-1-3-5-11/h9,13H,1-8H2,(H,14,15). The van der Waals surface area contributed by atoms with E-state index in [1.165, 1.54) is 32.1 Å². The Morgan fingerprint density at radius 1 is 1.27 bits per heavy atom. The quantitative estimate of drug-likeness (QED) is 0.724. The highest BCUT2D eigenvalue weighted by Gasteiger charge is 2.43. The summed E-state index contributed by atoms with van der Waals surface area (Å²) in [4.78, 5) is 12.5.